The molecule has 1 atom stereocenters. The lowest BCUT2D eigenvalue weighted by Crippen LogP contribution is -2.27. The van der Waals surface area contributed by atoms with Crippen molar-refractivity contribution in [2.75, 3.05) is 18.0 Å². The minimum atomic E-state index is -0.311. The van der Waals surface area contributed by atoms with E-state index in [1.165, 1.54) is 5.56 Å². The third-order valence-electron chi connectivity index (χ3n) is 2.48. The van der Waals surface area contributed by atoms with Crippen LogP contribution in [-0.2, 0) is 4.74 Å². The summed E-state index contributed by atoms with van der Waals surface area (Å²) in [5.74, 6) is 0. The van der Waals surface area contributed by atoms with E-state index in [1.807, 2.05) is 31.2 Å². The Bertz CT molecular complexity index is 361. The molecule has 1 aromatic rings. The summed E-state index contributed by atoms with van der Waals surface area (Å²) in [5, 5.41) is 0. The van der Waals surface area contributed by atoms with Crippen LogP contribution in [0, 0.1) is 6.92 Å². The quantitative estimate of drug-likeness (QED) is 0.793. The van der Waals surface area contributed by atoms with Gasteiger partial charge in [-0.05, 0) is 19.1 Å². The van der Waals surface area contributed by atoms with Gasteiger partial charge in [0.25, 0.3) is 0 Å². The summed E-state index contributed by atoms with van der Waals surface area (Å²) in [4.78, 5) is 13.1. The number of nitrogens with two attached hydrogens (primary N) is 1. The zero-order chi connectivity index (χ0) is 10.8. The van der Waals surface area contributed by atoms with Gasteiger partial charge in [0.15, 0.2) is 0 Å². The van der Waals surface area contributed by atoms with Crippen molar-refractivity contribution in [1.29, 1.82) is 0 Å². The van der Waals surface area contributed by atoms with Crippen molar-refractivity contribution in [2.24, 2.45) is 5.73 Å². The van der Waals surface area contributed by atoms with E-state index < -0.39 is 0 Å². The molecule has 1 aliphatic rings. The molecule has 0 saturated carbocycles. The predicted molar refractivity (Wildman–Crippen MR) is 57.8 cm³/mol. The molecule has 1 amide bonds. The second-order valence-corrected chi connectivity index (χ2v) is 3.69. The molecule has 1 aliphatic heterocycles. The van der Waals surface area contributed by atoms with Gasteiger partial charge in [0, 0.05) is 12.2 Å². The lowest BCUT2D eigenvalue weighted by molar-refractivity contribution is 0.145. The number of rotatable bonds is 2. The maximum atomic E-state index is 11.5. The number of nitrogens with zero attached hydrogens (tertiary/aromatic N) is 1. The maximum Gasteiger partial charge on any atom is 0.414 e. The molecular weight excluding hydrogens is 192 g/mol. The molecule has 2 N–H and O–H groups in total. The van der Waals surface area contributed by atoms with Crippen LogP contribution in [0.2, 0.25) is 0 Å². The highest BCUT2D eigenvalue weighted by atomic mass is 16.6. The van der Waals surface area contributed by atoms with Crippen LogP contribution in [-0.4, -0.2) is 25.3 Å². The number of ether oxygens (including phenoxy) is 1. The van der Waals surface area contributed by atoms with Crippen molar-refractivity contribution < 1.29 is 9.53 Å². The van der Waals surface area contributed by atoms with Gasteiger partial charge in [-0.2, -0.15) is 0 Å². The zero-order valence-electron chi connectivity index (χ0n) is 8.64. The fraction of sp³-hybridized carbons (Fsp3) is 0.364. The van der Waals surface area contributed by atoms with Crippen LogP contribution >= 0.6 is 0 Å². The van der Waals surface area contributed by atoms with E-state index in [0.717, 1.165) is 5.69 Å². The van der Waals surface area contributed by atoms with Crippen molar-refractivity contribution >= 4 is 11.8 Å². The van der Waals surface area contributed by atoms with E-state index in [9.17, 15) is 4.79 Å². The van der Waals surface area contributed by atoms with Crippen molar-refractivity contribution in [3.8, 4) is 0 Å². The van der Waals surface area contributed by atoms with Crippen LogP contribution in [0.4, 0.5) is 10.5 Å². The Labute approximate surface area is 88.6 Å². The van der Waals surface area contributed by atoms with Crippen LogP contribution in [0.5, 0.6) is 0 Å². The lowest BCUT2D eigenvalue weighted by atomic mass is 10.2. The highest BCUT2D eigenvalue weighted by Gasteiger charge is 2.31. The van der Waals surface area contributed by atoms with Crippen molar-refractivity contribution in [2.45, 2.75) is 13.0 Å². The Kier molecular flexibility index (Phi) is 2.60. The Hall–Kier alpha value is -1.55. The Morgan fingerprint density at radius 2 is 2.13 bits per heavy atom. The second kappa shape index (κ2) is 3.90. The van der Waals surface area contributed by atoms with Gasteiger partial charge in [-0.1, -0.05) is 17.7 Å². The first kappa shape index (κ1) is 9.98. The van der Waals surface area contributed by atoms with Crippen molar-refractivity contribution in [3.63, 3.8) is 0 Å². The highest BCUT2D eigenvalue weighted by molar-refractivity contribution is 5.89. The lowest BCUT2D eigenvalue weighted by Gasteiger charge is -2.12. The molecule has 1 fully saturated rings. The van der Waals surface area contributed by atoms with Crippen LogP contribution in [0.1, 0.15) is 5.56 Å². The van der Waals surface area contributed by atoms with Crippen LogP contribution in [0.3, 0.4) is 0 Å². The standard InChI is InChI=1S/C11H14N2O2/c1-8-2-4-9(5-3-8)13-7-10(6-12)15-11(13)14/h2-5,10H,6-7,12H2,1H3/t10-/m1/s1. The molecule has 1 heterocycles. The second-order valence-electron chi connectivity index (χ2n) is 3.69. The number of amides is 1. The Morgan fingerprint density at radius 1 is 1.47 bits per heavy atom. The number of aryl methyl sites for hydroxylation is 1. The number of cyclic esters (lactones) is 1. The molecule has 0 spiro atoms. The van der Waals surface area contributed by atoms with Crippen molar-refractivity contribution in [1.82, 2.24) is 0 Å². The van der Waals surface area contributed by atoms with E-state index in [-0.39, 0.29) is 12.2 Å². The van der Waals surface area contributed by atoms with Gasteiger partial charge in [-0.3, -0.25) is 4.90 Å². The summed E-state index contributed by atoms with van der Waals surface area (Å²) in [6.07, 6.45) is -0.492. The molecule has 80 valence electrons. The SMILES string of the molecule is Cc1ccc(N2C[C@@H](CN)OC2=O)cc1. The molecule has 1 saturated heterocycles. The first-order chi connectivity index (χ1) is 7.20. The third kappa shape index (κ3) is 1.94. The van der Waals surface area contributed by atoms with Gasteiger partial charge in [0.1, 0.15) is 6.10 Å². The molecule has 0 unspecified atom stereocenters. The normalized spacial score (nSPS) is 20.5. The zero-order valence-corrected chi connectivity index (χ0v) is 8.64. The van der Waals surface area contributed by atoms with Gasteiger partial charge in [-0.25, -0.2) is 4.79 Å². The molecule has 4 heteroatoms. The summed E-state index contributed by atoms with van der Waals surface area (Å²) in [6.45, 7) is 2.92. The average molecular weight is 206 g/mol. The fourth-order valence-corrected chi connectivity index (χ4v) is 1.58. The van der Waals surface area contributed by atoms with E-state index in [1.54, 1.807) is 4.90 Å². The summed E-state index contributed by atoms with van der Waals surface area (Å²) in [7, 11) is 0. The molecule has 0 aromatic heterocycles. The first-order valence-electron chi connectivity index (χ1n) is 4.95. The summed E-state index contributed by atoms with van der Waals surface area (Å²) in [6, 6.07) is 7.77. The number of hydrogen-bond donors (Lipinski definition) is 1. The molecule has 4 nitrogen and oxygen atoms in total. The molecule has 0 bridgehead atoms. The number of carbonyl (C=O) groups excluding carboxylic acids is 1. The number of carbonyl (C=O) groups is 1. The highest BCUT2D eigenvalue weighted by Crippen LogP contribution is 2.21. The van der Waals surface area contributed by atoms with Gasteiger partial charge >= 0.3 is 6.09 Å². The van der Waals surface area contributed by atoms with Crippen LogP contribution in [0.15, 0.2) is 24.3 Å². The van der Waals surface area contributed by atoms with Crippen LogP contribution in [0.25, 0.3) is 0 Å². The first-order valence-corrected chi connectivity index (χ1v) is 4.95. The monoisotopic (exact) mass is 206 g/mol. The topological polar surface area (TPSA) is 55.6 Å². The number of hydrogen-bond acceptors (Lipinski definition) is 3. The van der Waals surface area contributed by atoms with Gasteiger partial charge in [-0.15, -0.1) is 0 Å². The van der Waals surface area contributed by atoms with E-state index in [0.29, 0.717) is 13.1 Å². The minimum absolute atomic E-state index is 0.182. The summed E-state index contributed by atoms with van der Waals surface area (Å²) in [5.41, 5.74) is 7.49. The molecule has 2 rings (SSSR count). The number of benzene rings is 1. The van der Waals surface area contributed by atoms with Gasteiger partial charge < -0.3 is 10.5 Å². The minimum Gasteiger partial charge on any atom is -0.443 e. The van der Waals surface area contributed by atoms with Gasteiger partial charge in [0.2, 0.25) is 0 Å². The summed E-state index contributed by atoms with van der Waals surface area (Å²) < 4.78 is 5.07. The average Bonchev–Trinajstić information content (AvgIpc) is 2.61. The van der Waals surface area contributed by atoms with E-state index in [2.05, 4.69) is 0 Å². The smallest absolute Gasteiger partial charge is 0.414 e. The third-order valence-corrected chi connectivity index (χ3v) is 2.48. The van der Waals surface area contributed by atoms with E-state index >= 15 is 0 Å². The maximum absolute atomic E-state index is 11.5. The molecule has 15 heavy (non-hydrogen) atoms. The number of anilines is 1. The fourth-order valence-electron chi connectivity index (χ4n) is 1.58. The molecule has 0 aliphatic carbocycles. The summed E-state index contributed by atoms with van der Waals surface area (Å²) >= 11 is 0. The molecule has 1 aromatic carbocycles. The van der Waals surface area contributed by atoms with E-state index in [4.69, 9.17) is 10.5 Å². The predicted octanol–water partition coefficient (Wildman–Crippen LogP) is 1.28. The van der Waals surface area contributed by atoms with Crippen LogP contribution < -0.4 is 10.6 Å². The molecule has 0 radical (unpaired) electrons. The van der Waals surface area contributed by atoms with Crippen molar-refractivity contribution in [3.05, 3.63) is 29.8 Å². The molecular formula is C11H14N2O2. The van der Waals surface area contributed by atoms with Gasteiger partial charge in [0.05, 0.1) is 6.54 Å². The largest absolute Gasteiger partial charge is 0.443 e. The Morgan fingerprint density at radius 3 is 2.67 bits per heavy atom. The Balaban J connectivity index is 2.18.